The molecule has 0 radical (unpaired) electrons. The van der Waals surface area contributed by atoms with E-state index in [0.717, 1.165) is 25.1 Å². The van der Waals surface area contributed by atoms with Crippen molar-refractivity contribution >= 4 is 5.91 Å². The molecule has 1 fully saturated rings. The predicted molar refractivity (Wildman–Crippen MR) is 63.8 cm³/mol. The van der Waals surface area contributed by atoms with E-state index >= 15 is 0 Å². The maximum Gasteiger partial charge on any atom is 0.255 e. The van der Waals surface area contributed by atoms with Crippen molar-refractivity contribution in [2.45, 2.75) is 38.8 Å². The van der Waals surface area contributed by atoms with E-state index in [1.165, 1.54) is 0 Å². The first-order valence-corrected chi connectivity index (χ1v) is 6.00. The summed E-state index contributed by atoms with van der Waals surface area (Å²) in [5.41, 5.74) is 1.39. The minimum Gasteiger partial charge on any atom is -0.376 e. The predicted octanol–water partition coefficient (Wildman–Crippen LogP) is 1.03. The van der Waals surface area contributed by atoms with Gasteiger partial charge in [-0.3, -0.25) is 9.48 Å². The highest BCUT2D eigenvalue weighted by molar-refractivity contribution is 5.95. The van der Waals surface area contributed by atoms with Crippen LogP contribution >= 0.6 is 0 Å². The second-order valence-electron chi connectivity index (χ2n) is 4.62. The van der Waals surface area contributed by atoms with Crippen molar-refractivity contribution in [1.82, 2.24) is 15.1 Å². The third-order valence-corrected chi connectivity index (χ3v) is 3.14. The number of amides is 1. The summed E-state index contributed by atoms with van der Waals surface area (Å²) in [6.45, 7) is 4.63. The fraction of sp³-hybridized carbons (Fsp3) is 0.667. The van der Waals surface area contributed by atoms with Gasteiger partial charge in [-0.2, -0.15) is 5.10 Å². The second-order valence-corrected chi connectivity index (χ2v) is 4.62. The van der Waals surface area contributed by atoms with Crippen LogP contribution in [0.15, 0.2) is 6.20 Å². The molecule has 1 aromatic rings. The van der Waals surface area contributed by atoms with Gasteiger partial charge in [0, 0.05) is 19.9 Å². The van der Waals surface area contributed by atoms with Gasteiger partial charge in [-0.25, -0.2) is 0 Å². The van der Waals surface area contributed by atoms with Crippen LogP contribution in [0.25, 0.3) is 0 Å². The Morgan fingerprint density at radius 2 is 2.47 bits per heavy atom. The highest BCUT2D eigenvalue weighted by Gasteiger charge is 2.24. The maximum atomic E-state index is 12.0. The molecule has 0 bridgehead atoms. The van der Waals surface area contributed by atoms with Gasteiger partial charge in [0.05, 0.1) is 23.4 Å². The molecule has 1 N–H and O–H groups in total. The SMILES string of the molecule is Cc1nn(C)cc1C(=O)N[C@H](C)[C@@H]1CCCO1. The summed E-state index contributed by atoms with van der Waals surface area (Å²) in [6, 6.07) is 0.0459. The summed E-state index contributed by atoms with van der Waals surface area (Å²) in [6.07, 6.45) is 3.99. The van der Waals surface area contributed by atoms with Gasteiger partial charge >= 0.3 is 0 Å². The highest BCUT2D eigenvalue weighted by Crippen LogP contribution is 2.16. The van der Waals surface area contributed by atoms with E-state index in [1.807, 2.05) is 20.9 Å². The first-order chi connectivity index (χ1) is 8.08. The third kappa shape index (κ3) is 2.66. The third-order valence-electron chi connectivity index (χ3n) is 3.14. The van der Waals surface area contributed by atoms with Crippen LogP contribution in [0.3, 0.4) is 0 Å². The number of aromatic nitrogens is 2. The zero-order chi connectivity index (χ0) is 12.4. The number of carbonyl (C=O) groups is 1. The fourth-order valence-corrected chi connectivity index (χ4v) is 2.20. The van der Waals surface area contributed by atoms with Crippen LogP contribution in [0.1, 0.15) is 35.8 Å². The van der Waals surface area contributed by atoms with E-state index in [-0.39, 0.29) is 18.1 Å². The normalized spacial score (nSPS) is 21.5. The molecule has 1 aliphatic heterocycles. The summed E-state index contributed by atoms with van der Waals surface area (Å²) < 4.78 is 7.21. The van der Waals surface area contributed by atoms with Crippen LogP contribution in [0.2, 0.25) is 0 Å². The van der Waals surface area contributed by atoms with Crippen molar-refractivity contribution in [3.05, 3.63) is 17.5 Å². The molecule has 0 aromatic carbocycles. The molecule has 2 atom stereocenters. The van der Waals surface area contributed by atoms with Crippen LogP contribution in [-0.4, -0.2) is 34.4 Å². The molecule has 0 aliphatic carbocycles. The van der Waals surface area contributed by atoms with Crippen LogP contribution in [0.4, 0.5) is 0 Å². The van der Waals surface area contributed by atoms with Crippen molar-refractivity contribution in [2.75, 3.05) is 6.61 Å². The zero-order valence-corrected chi connectivity index (χ0v) is 10.6. The van der Waals surface area contributed by atoms with Crippen LogP contribution in [0.5, 0.6) is 0 Å². The van der Waals surface area contributed by atoms with E-state index in [0.29, 0.717) is 5.56 Å². The summed E-state index contributed by atoms with van der Waals surface area (Å²) in [7, 11) is 1.81. The number of carbonyl (C=O) groups excluding carboxylic acids is 1. The Hall–Kier alpha value is -1.36. The molecule has 0 unspecified atom stereocenters. The number of hydrogen-bond donors (Lipinski definition) is 1. The molecular formula is C12H19N3O2. The van der Waals surface area contributed by atoms with Crippen molar-refractivity contribution in [1.29, 1.82) is 0 Å². The number of rotatable bonds is 3. The maximum absolute atomic E-state index is 12.0. The van der Waals surface area contributed by atoms with Crippen molar-refractivity contribution < 1.29 is 9.53 Å². The Morgan fingerprint density at radius 3 is 3.00 bits per heavy atom. The Morgan fingerprint density at radius 1 is 1.71 bits per heavy atom. The van der Waals surface area contributed by atoms with Gasteiger partial charge in [0.25, 0.3) is 5.91 Å². The Balaban J connectivity index is 1.98. The molecule has 5 heteroatoms. The standard InChI is InChI=1S/C12H19N3O2/c1-8-10(7-15(3)14-8)12(16)13-9(2)11-5-4-6-17-11/h7,9,11H,4-6H2,1-3H3,(H,13,16)/t9-,11+/m1/s1. The van der Waals surface area contributed by atoms with E-state index in [9.17, 15) is 4.79 Å². The molecule has 0 saturated carbocycles. The first kappa shape index (κ1) is 12.1. The topological polar surface area (TPSA) is 56.2 Å². The fourth-order valence-electron chi connectivity index (χ4n) is 2.20. The van der Waals surface area contributed by atoms with Crippen molar-refractivity contribution in [3.8, 4) is 0 Å². The van der Waals surface area contributed by atoms with E-state index in [4.69, 9.17) is 4.74 Å². The Labute approximate surface area is 101 Å². The number of nitrogens with zero attached hydrogens (tertiary/aromatic N) is 2. The minimum atomic E-state index is -0.0707. The van der Waals surface area contributed by atoms with Crippen LogP contribution < -0.4 is 5.32 Å². The van der Waals surface area contributed by atoms with Gasteiger partial charge in [-0.05, 0) is 26.7 Å². The highest BCUT2D eigenvalue weighted by atomic mass is 16.5. The molecule has 1 amide bonds. The molecule has 2 heterocycles. The lowest BCUT2D eigenvalue weighted by Gasteiger charge is -2.19. The molecular weight excluding hydrogens is 218 g/mol. The van der Waals surface area contributed by atoms with Gasteiger partial charge in [-0.15, -0.1) is 0 Å². The zero-order valence-electron chi connectivity index (χ0n) is 10.6. The second kappa shape index (κ2) is 4.87. The van der Waals surface area contributed by atoms with Gasteiger partial charge < -0.3 is 10.1 Å². The average molecular weight is 237 g/mol. The number of aryl methyl sites for hydroxylation is 2. The lowest BCUT2D eigenvalue weighted by atomic mass is 10.1. The molecule has 1 aromatic heterocycles. The molecule has 94 valence electrons. The first-order valence-electron chi connectivity index (χ1n) is 6.00. The van der Waals surface area contributed by atoms with E-state index in [2.05, 4.69) is 10.4 Å². The molecule has 2 rings (SSSR count). The minimum absolute atomic E-state index is 0.0459. The lowest BCUT2D eigenvalue weighted by Crippen LogP contribution is -2.40. The smallest absolute Gasteiger partial charge is 0.255 e. The summed E-state index contributed by atoms with van der Waals surface area (Å²) >= 11 is 0. The molecule has 5 nitrogen and oxygen atoms in total. The summed E-state index contributed by atoms with van der Waals surface area (Å²) in [5, 5.41) is 7.14. The number of hydrogen-bond acceptors (Lipinski definition) is 3. The monoisotopic (exact) mass is 237 g/mol. The van der Waals surface area contributed by atoms with Crippen LogP contribution in [-0.2, 0) is 11.8 Å². The van der Waals surface area contributed by atoms with Crippen molar-refractivity contribution in [3.63, 3.8) is 0 Å². The quantitative estimate of drug-likeness (QED) is 0.854. The average Bonchev–Trinajstić information content (AvgIpc) is 2.87. The number of ether oxygens (including phenoxy) is 1. The largest absolute Gasteiger partial charge is 0.376 e. The van der Waals surface area contributed by atoms with Gasteiger partial charge in [-0.1, -0.05) is 0 Å². The van der Waals surface area contributed by atoms with Gasteiger partial charge in [0.2, 0.25) is 0 Å². The van der Waals surface area contributed by atoms with Crippen molar-refractivity contribution in [2.24, 2.45) is 7.05 Å². The molecule has 0 spiro atoms. The summed E-state index contributed by atoms with van der Waals surface area (Å²) in [5.74, 6) is -0.0707. The Kier molecular flexibility index (Phi) is 3.47. The van der Waals surface area contributed by atoms with Gasteiger partial charge in [0.1, 0.15) is 0 Å². The Bertz CT molecular complexity index is 408. The molecule has 1 aliphatic rings. The number of nitrogens with one attached hydrogen (secondary N) is 1. The van der Waals surface area contributed by atoms with E-state index < -0.39 is 0 Å². The lowest BCUT2D eigenvalue weighted by molar-refractivity contribution is 0.0712. The molecule has 1 saturated heterocycles. The molecule has 17 heavy (non-hydrogen) atoms. The van der Waals surface area contributed by atoms with E-state index in [1.54, 1.807) is 10.9 Å². The van der Waals surface area contributed by atoms with Gasteiger partial charge in [0.15, 0.2) is 0 Å². The summed E-state index contributed by atoms with van der Waals surface area (Å²) in [4.78, 5) is 12.0. The van der Waals surface area contributed by atoms with Crippen LogP contribution in [0, 0.1) is 6.92 Å².